The molecule has 0 aliphatic heterocycles. The maximum atomic E-state index is 3.51. The molecule has 2 saturated carbocycles. The van der Waals surface area contributed by atoms with Gasteiger partial charge >= 0.3 is 0 Å². The van der Waals surface area contributed by atoms with Gasteiger partial charge in [0.15, 0.2) is 0 Å². The number of rotatable bonds is 8. The van der Waals surface area contributed by atoms with Crippen LogP contribution in [0.2, 0.25) is 0 Å². The van der Waals surface area contributed by atoms with Crippen molar-refractivity contribution in [3.63, 3.8) is 0 Å². The zero-order valence-corrected chi connectivity index (χ0v) is 12.9. The molecule has 2 aliphatic rings. The highest BCUT2D eigenvalue weighted by atomic mass is 15.2. The summed E-state index contributed by atoms with van der Waals surface area (Å²) in [5, 5.41) is 3.51. The second-order valence-electron chi connectivity index (χ2n) is 6.96. The molecule has 0 amide bonds. The van der Waals surface area contributed by atoms with Gasteiger partial charge < -0.3 is 5.32 Å². The van der Waals surface area contributed by atoms with Crippen molar-refractivity contribution in [1.82, 2.24) is 10.2 Å². The van der Waals surface area contributed by atoms with Crippen LogP contribution in [-0.2, 0) is 13.1 Å². The molecule has 2 aliphatic carbocycles. The lowest BCUT2D eigenvalue weighted by Crippen LogP contribution is -2.28. The molecule has 3 rings (SSSR count). The summed E-state index contributed by atoms with van der Waals surface area (Å²) in [7, 11) is 0. The molecule has 0 saturated heterocycles. The van der Waals surface area contributed by atoms with Gasteiger partial charge in [0.25, 0.3) is 0 Å². The van der Waals surface area contributed by atoms with Gasteiger partial charge in [-0.1, -0.05) is 38.1 Å². The van der Waals surface area contributed by atoms with E-state index in [0.29, 0.717) is 6.04 Å². The maximum Gasteiger partial charge on any atom is 0.0236 e. The van der Waals surface area contributed by atoms with Crippen molar-refractivity contribution < 1.29 is 0 Å². The summed E-state index contributed by atoms with van der Waals surface area (Å²) in [6.45, 7) is 7.87. The first-order valence-corrected chi connectivity index (χ1v) is 8.26. The summed E-state index contributed by atoms with van der Waals surface area (Å²) in [6, 6.07) is 10.6. The quantitative estimate of drug-likeness (QED) is 0.778. The Hall–Kier alpha value is -0.860. The van der Waals surface area contributed by atoms with Gasteiger partial charge in [0.1, 0.15) is 0 Å². The number of hydrogen-bond acceptors (Lipinski definition) is 2. The molecule has 1 aromatic rings. The van der Waals surface area contributed by atoms with Crippen molar-refractivity contribution in [1.29, 1.82) is 0 Å². The molecule has 0 aromatic heterocycles. The summed E-state index contributed by atoms with van der Waals surface area (Å²) >= 11 is 0. The smallest absolute Gasteiger partial charge is 0.0236 e. The second-order valence-corrected chi connectivity index (χ2v) is 6.96. The van der Waals surface area contributed by atoms with Gasteiger partial charge in [0.2, 0.25) is 0 Å². The van der Waals surface area contributed by atoms with Crippen molar-refractivity contribution in [3.8, 4) is 0 Å². The van der Waals surface area contributed by atoms with Crippen molar-refractivity contribution in [2.24, 2.45) is 5.92 Å². The Balaban J connectivity index is 1.58. The minimum Gasteiger partial charge on any atom is -0.310 e. The summed E-state index contributed by atoms with van der Waals surface area (Å²) in [5.41, 5.74) is 2.90. The van der Waals surface area contributed by atoms with Crippen molar-refractivity contribution in [3.05, 3.63) is 35.4 Å². The number of nitrogens with one attached hydrogen (secondary N) is 1. The Labute approximate surface area is 123 Å². The van der Waals surface area contributed by atoms with E-state index in [1.54, 1.807) is 0 Å². The lowest BCUT2D eigenvalue weighted by Gasteiger charge is -2.22. The SMILES string of the molecule is CC(C)NCc1cccc(CN(CC2CC2)C2CC2)c1. The Kier molecular flexibility index (Phi) is 4.42. The normalized spacial score (nSPS) is 19.0. The van der Waals surface area contributed by atoms with Crippen LogP contribution in [0.3, 0.4) is 0 Å². The van der Waals surface area contributed by atoms with Gasteiger partial charge in [-0.3, -0.25) is 4.90 Å². The second kappa shape index (κ2) is 6.28. The van der Waals surface area contributed by atoms with Crippen molar-refractivity contribution in [2.75, 3.05) is 6.54 Å². The molecule has 2 nitrogen and oxygen atoms in total. The van der Waals surface area contributed by atoms with E-state index in [-0.39, 0.29) is 0 Å². The fourth-order valence-corrected chi connectivity index (χ4v) is 2.81. The maximum absolute atomic E-state index is 3.51. The predicted octanol–water partition coefficient (Wildman–Crippen LogP) is 3.56. The van der Waals surface area contributed by atoms with E-state index in [9.17, 15) is 0 Å². The van der Waals surface area contributed by atoms with Crippen LogP contribution in [0.15, 0.2) is 24.3 Å². The van der Waals surface area contributed by atoms with Crippen LogP contribution < -0.4 is 5.32 Å². The monoisotopic (exact) mass is 272 g/mol. The lowest BCUT2D eigenvalue weighted by molar-refractivity contribution is 0.244. The first kappa shape index (κ1) is 14.1. The molecule has 1 aromatic carbocycles. The van der Waals surface area contributed by atoms with Crippen LogP contribution >= 0.6 is 0 Å². The topological polar surface area (TPSA) is 15.3 Å². The van der Waals surface area contributed by atoms with Gasteiger partial charge in [0.05, 0.1) is 0 Å². The molecule has 0 radical (unpaired) electrons. The Morgan fingerprint density at radius 3 is 2.55 bits per heavy atom. The van der Waals surface area contributed by atoms with Crippen LogP contribution in [0.5, 0.6) is 0 Å². The van der Waals surface area contributed by atoms with E-state index < -0.39 is 0 Å². The van der Waals surface area contributed by atoms with E-state index in [4.69, 9.17) is 0 Å². The van der Waals surface area contributed by atoms with Gasteiger partial charge in [-0.25, -0.2) is 0 Å². The van der Waals surface area contributed by atoms with Gasteiger partial charge in [-0.15, -0.1) is 0 Å². The first-order chi connectivity index (χ1) is 9.70. The number of nitrogens with zero attached hydrogens (tertiary/aromatic N) is 1. The third-order valence-corrected chi connectivity index (χ3v) is 4.34. The van der Waals surface area contributed by atoms with Crippen LogP contribution in [0.4, 0.5) is 0 Å². The van der Waals surface area contributed by atoms with Gasteiger partial charge in [-0.05, 0) is 42.7 Å². The molecular formula is C18H28N2. The summed E-state index contributed by atoms with van der Waals surface area (Å²) in [6.07, 6.45) is 5.76. The average molecular weight is 272 g/mol. The number of hydrogen-bond donors (Lipinski definition) is 1. The van der Waals surface area contributed by atoms with E-state index in [1.807, 2.05) is 0 Å². The van der Waals surface area contributed by atoms with Crippen molar-refractivity contribution >= 4 is 0 Å². The molecule has 2 heteroatoms. The molecular weight excluding hydrogens is 244 g/mol. The molecule has 2 fully saturated rings. The van der Waals surface area contributed by atoms with Crippen LogP contribution in [0.1, 0.15) is 50.7 Å². The molecule has 0 atom stereocenters. The van der Waals surface area contributed by atoms with Crippen molar-refractivity contribution in [2.45, 2.75) is 64.7 Å². The average Bonchev–Trinajstić information content (AvgIpc) is 3.27. The zero-order chi connectivity index (χ0) is 13.9. The van der Waals surface area contributed by atoms with E-state index in [1.165, 1.54) is 43.4 Å². The van der Waals surface area contributed by atoms with Crippen LogP contribution in [0, 0.1) is 5.92 Å². The third-order valence-electron chi connectivity index (χ3n) is 4.34. The fourth-order valence-electron chi connectivity index (χ4n) is 2.81. The van der Waals surface area contributed by atoms with Gasteiger partial charge in [-0.2, -0.15) is 0 Å². The molecule has 1 N–H and O–H groups in total. The van der Waals surface area contributed by atoms with E-state index in [0.717, 1.165) is 25.0 Å². The zero-order valence-electron chi connectivity index (χ0n) is 12.9. The highest BCUT2D eigenvalue weighted by molar-refractivity contribution is 5.23. The minimum absolute atomic E-state index is 0.552. The van der Waals surface area contributed by atoms with Crippen LogP contribution in [-0.4, -0.2) is 23.5 Å². The Bertz CT molecular complexity index is 433. The van der Waals surface area contributed by atoms with Crippen LogP contribution in [0.25, 0.3) is 0 Å². The molecule has 20 heavy (non-hydrogen) atoms. The highest BCUT2D eigenvalue weighted by Gasteiger charge is 2.33. The lowest BCUT2D eigenvalue weighted by atomic mass is 10.1. The summed E-state index contributed by atoms with van der Waals surface area (Å²) < 4.78 is 0. The third kappa shape index (κ3) is 4.32. The standard InChI is InChI=1S/C18H28N2/c1-14(2)19-11-16-4-3-5-17(10-16)13-20(18-8-9-18)12-15-6-7-15/h3-5,10,14-15,18-19H,6-9,11-13H2,1-2H3. The first-order valence-electron chi connectivity index (χ1n) is 8.26. The summed E-state index contributed by atoms with van der Waals surface area (Å²) in [4.78, 5) is 2.73. The number of benzene rings is 1. The predicted molar refractivity (Wildman–Crippen MR) is 84.6 cm³/mol. The minimum atomic E-state index is 0.552. The molecule has 110 valence electrons. The largest absolute Gasteiger partial charge is 0.310 e. The molecule has 0 spiro atoms. The fraction of sp³-hybridized carbons (Fsp3) is 0.667. The van der Waals surface area contributed by atoms with Gasteiger partial charge in [0, 0.05) is 31.7 Å². The Morgan fingerprint density at radius 1 is 1.15 bits per heavy atom. The summed E-state index contributed by atoms with van der Waals surface area (Å²) in [5.74, 6) is 1.00. The molecule has 0 bridgehead atoms. The van der Waals surface area contributed by atoms with E-state index in [2.05, 4.69) is 48.3 Å². The highest BCUT2D eigenvalue weighted by Crippen LogP contribution is 2.35. The molecule has 0 heterocycles. The molecule has 0 unspecified atom stereocenters. The Morgan fingerprint density at radius 2 is 1.90 bits per heavy atom. The van der Waals surface area contributed by atoms with E-state index >= 15 is 0 Å².